The molecule has 0 aliphatic carbocycles. The lowest BCUT2D eigenvalue weighted by atomic mass is 10.1. The molecule has 0 radical (unpaired) electrons. The summed E-state index contributed by atoms with van der Waals surface area (Å²) < 4.78 is 0. The van der Waals surface area contributed by atoms with E-state index < -0.39 is 0 Å². The van der Waals surface area contributed by atoms with E-state index in [2.05, 4.69) is 16.8 Å². The SMILES string of the molecule is CCN1CCN(C(=O)c2ccnc(C(=O)N3CCCC3)c2)CC1. The molecular formula is C17H24N4O2. The molecule has 0 unspecified atom stereocenters. The van der Waals surface area contributed by atoms with Gasteiger partial charge in [-0.15, -0.1) is 0 Å². The van der Waals surface area contributed by atoms with Crippen molar-refractivity contribution in [2.45, 2.75) is 19.8 Å². The zero-order valence-corrected chi connectivity index (χ0v) is 13.7. The number of piperazine rings is 1. The minimum absolute atomic E-state index is 0.00127. The largest absolute Gasteiger partial charge is 0.337 e. The van der Waals surface area contributed by atoms with Crippen LogP contribution >= 0.6 is 0 Å². The van der Waals surface area contributed by atoms with Gasteiger partial charge in [-0.1, -0.05) is 6.92 Å². The van der Waals surface area contributed by atoms with E-state index in [1.165, 1.54) is 0 Å². The van der Waals surface area contributed by atoms with Crippen molar-refractivity contribution < 1.29 is 9.59 Å². The molecule has 1 aromatic rings. The maximum Gasteiger partial charge on any atom is 0.272 e. The lowest BCUT2D eigenvalue weighted by molar-refractivity contribution is 0.0643. The maximum atomic E-state index is 12.6. The van der Waals surface area contributed by atoms with Crippen LogP contribution in [0.25, 0.3) is 0 Å². The normalized spacial score (nSPS) is 19.2. The fourth-order valence-corrected chi connectivity index (χ4v) is 3.21. The molecule has 2 saturated heterocycles. The average molecular weight is 316 g/mol. The van der Waals surface area contributed by atoms with Gasteiger partial charge < -0.3 is 14.7 Å². The molecule has 0 bridgehead atoms. The van der Waals surface area contributed by atoms with E-state index in [1.54, 1.807) is 18.3 Å². The van der Waals surface area contributed by atoms with Crippen molar-refractivity contribution in [1.29, 1.82) is 0 Å². The van der Waals surface area contributed by atoms with Gasteiger partial charge in [-0.3, -0.25) is 14.6 Å². The van der Waals surface area contributed by atoms with Gasteiger partial charge in [-0.05, 0) is 31.5 Å². The predicted octanol–water partition coefficient (Wildman–Crippen LogP) is 1.10. The minimum atomic E-state index is -0.0621. The van der Waals surface area contributed by atoms with E-state index in [-0.39, 0.29) is 11.8 Å². The molecule has 2 aliphatic rings. The van der Waals surface area contributed by atoms with Crippen LogP contribution in [0.5, 0.6) is 0 Å². The van der Waals surface area contributed by atoms with Crippen molar-refractivity contribution in [3.05, 3.63) is 29.6 Å². The Balaban J connectivity index is 1.69. The number of hydrogen-bond donors (Lipinski definition) is 0. The summed E-state index contributed by atoms with van der Waals surface area (Å²) in [5.74, 6) is -0.0634. The molecule has 0 atom stereocenters. The van der Waals surface area contributed by atoms with Crippen LogP contribution in [-0.4, -0.2) is 77.3 Å². The van der Waals surface area contributed by atoms with Crippen molar-refractivity contribution >= 4 is 11.8 Å². The van der Waals surface area contributed by atoms with E-state index in [0.29, 0.717) is 11.3 Å². The second-order valence-electron chi connectivity index (χ2n) is 6.16. The Morgan fingerprint density at radius 3 is 2.30 bits per heavy atom. The monoisotopic (exact) mass is 316 g/mol. The molecule has 3 rings (SSSR count). The first-order valence-electron chi connectivity index (χ1n) is 8.46. The molecule has 0 aromatic carbocycles. The Bertz CT molecular complexity index is 576. The van der Waals surface area contributed by atoms with Crippen LogP contribution in [0.4, 0.5) is 0 Å². The Morgan fingerprint density at radius 2 is 1.65 bits per heavy atom. The molecule has 6 heteroatoms. The number of likely N-dealkylation sites (tertiary alicyclic amines) is 1. The van der Waals surface area contributed by atoms with Gasteiger partial charge in [0.05, 0.1) is 0 Å². The average Bonchev–Trinajstić information content (AvgIpc) is 3.15. The fraction of sp³-hybridized carbons (Fsp3) is 0.588. The van der Waals surface area contributed by atoms with Gasteiger partial charge in [0, 0.05) is 51.0 Å². The molecule has 23 heavy (non-hydrogen) atoms. The molecule has 124 valence electrons. The van der Waals surface area contributed by atoms with Gasteiger partial charge in [0.1, 0.15) is 5.69 Å². The van der Waals surface area contributed by atoms with Crippen LogP contribution in [0, 0.1) is 0 Å². The highest BCUT2D eigenvalue weighted by molar-refractivity contribution is 5.98. The molecule has 2 amide bonds. The molecule has 2 fully saturated rings. The van der Waals surface area contributed by atoms with Crippen molar-refractivity contribution in [1.82, 2.24) is 19.7 Å². The number of likely N-dealkylation sites (N-methyl/N-ethyl adjacent to an activating group) is 1. The van der Waals surface area contributed by atoms with E-state index in [4.69, 9.17) is 0 Å². The number of rotatable bonds is 3. The molecule has 6 nitrogen and oxygen atoms in total. The number of nitrogens with zero attached hydrogens (tertiary/aromatic N) is 4. The smallest absolute Gasteiger partial charge is 0.272 e. The Hall–Kier alpha value is -1.95. The standard InChI is InChI=1S/C17H24N4O2/c1-2-19-9-11-21(12-10-19)16(22)14-5-6-18-15(13-14)17(23)20-7-3-4-8-20/h5-6,13H,2-4,7-12H2,1H3. The summed E-state index contributed by atoms with van der Waals surface area (Å²) >= 11 is 0. The summed E-state index contributed by atoms with van der Waals surface area (Å²) in [6.45, 7) is 8.03. The van der Waals surface area contributed by atoms with Gasteiger partial charge >= 0.3 is 0 Å². The molecule has 2 aliphatic heterocycles. The third-order valence-electron chi connectivity index (χ3n) is 4.73. The molecule has 0 spiro atoms. The summed E-state index contributed by atoms with van der Waals surface area (Å²) in [6.07, 6.45) is 3.66. The number of carbonyl (C=O) groups excluding carboxylic acids is 2. The van der Waals surface area contributed by atoms with Gasteiger partial charge in [-0.25, -0.2) is 0 Å². The van der Waals surface area contributed by atoms with E-state index in [9.17, 15) is 9.59 Å². The second-order valence-corrected chi connectivity index (χ2v) is 6.16. The number of amides is 2. The number of hydrogen-bond acceptors (Lipinski definition) is 4. The van der Waals surface area contributed by atoms with Crippen LogP contribution in [-0.2, 0) is 0 Å². The Kier molecular flexibility index (Phi) is 4.91. The summed E-state index contributed by atoms with van der Waals surface area (Å²) in [5, 5.41) is 0. The highest BCUT2D eigenvalue weighted by atomic mass is 16.2. The van der Waals surface area contributed by atoms with Gasteiger partial charge in [0.25, 0.3) is 11.8 Å². The quantitative estimate of drug-likeness (QED) is 0.838. The first kappa shape index (κ1) is 15.9. The molecule has 3 heterocycles. The van der Waals surface area contributed by atoms with Crippen LogP contribution in [0.3, 0.4) is 0 Å². The number of aromatic nitrogens is 1. The molecule has 0 saturated carbocycles. The van der Waals surface area contributed by atoms with Crippen molar-refractivity contribution in [3.63, 3.8) is 0 Å². The lowest BCUT2D eigenvalue weighted by Crippen LogP contribution is -2.48. The van der Waals surface area contributed by atoms with Crippen molar-refractivity contribution in [3.8, 4) is 0 Å². The minimum Gasteiger partial charge on any atom is -0.337 e. The predicted molar refractivity (Wildman–Crippen MR) is 87.4 cm³/mol. The van der Waals surface area contributed by atoms with Crippen molar-refractivity contribution in [2.75, 3.05) is 45.8 Å². The van der Waals surface area contributed by atoms with E-state index in [0.717, 1.165) is 58.7 Å². The number of carbonyl (C=O) groups is 2. The summed E-state index contributed by atoms with van der Waals surface area (Å²) in [6, 6.07) is 3.35. The third kappa shape index (κ3) is 3.52. The van der Waals surface area contributed by atoms with Crippen LogP contribution in [0.15, 0.2) is 18.3 Å². The number of pyridine rings is 1. The van der Waals surface area contributed by atoms with E-state index in [1.807, 2.05) is 9.80 Å². The summed E-state index contributed by atoms with van der Waals surface area (Å²) in [5.41, 5.74) is 0.942. The Labute approximate surface area is 137 Å². The lowest BCUT2D eigenvalue weighted by Gasteiger charge is -2.34. The zero-order chi connectivity index (χ0) is 16.2. The fourth-order valence-electron chi connectivity index (χ4n) is 3.21. The van der Waals surface area contributed by atoms with Gasteiger partial charge in [0.2, 0.25) is 0 Å². The topological polar surface area (TPSA) is 56.8 Å². The van der Waals surface area contributed by atoms with Crippen LogP contribution in [0.2, 0.25) is 0 Å². The Morgan fingerprint density at radius 1 is 1.00 bits per heavy atom. The highest BCUT2D eigenvalue weighted by Crippen LogP contribution is 2.14. The zero-order valence-electron chi connectivity index (χ0n) is 13.7. The first-order valence-corrected chi connectivity index (χ1v) is 8.46. The van der Waals surface area contributed by atoms with Crippen LogP contribution in [0.1, 0.15) is 40.6 Å². The summed E-state index contributed by atoms with van der Waals surface area (Å²) in [7, 11) is 0. The van der Waals surface area contributed by atoms with Crippen LogP contribution < -0.4 is 0 Å². The van der Waals surface area contributed by atoms with Gasteiger partial charge in [0.15, 0.2) is 0 Å². The molecule has 0 N–H and O–H groups in total. The first-order chi connectivity index (χ1) is 11.2. The maximum absolute atomic E-state index is 12.6. The highest BCUT2D eigenvalue weighted by Gasteiger charge is 2.24. The third-order valence-corrected chi connectivity index (χ3v) is 4.73. The van der Waals surface area contributed by atoms with Gasteiger partial charge in [-0.2, -0.15) is 0 Å². The molecule has 1 aromatic heterocycles. The van der Waals surface area contributed by atoms with Crippen molar-refractivity contribution in [2.24, 2.45) is 0 Å². The summed E-state index contributed by atoms with van der Waals surface area (Å²) in [4.78, 5) is 35.2. The second kappa shape index (κ2) is 7.08. The van der Waals surface area contributed by atoms with E-state index >= 15 is 0 Å². The molecular weight excluding hydrogens is 292 g/mol.